The molecule has 1 unspecified atom stereocenters. The molecular formula is C23H19ClF2N6O2S2. The highest BCUT2D eigenvalue weighted by molar-refractivity contribution is 7.86. The molecule has 0 bridgehead atoms. The zero-order valence-electron chi connectivity index (χ0n) is 18.6. The van der Waals surface area contributed by atoms with E-state index in [1.54, 1.807) is 30.5 Å². The fourth-order valence-electron chi connectivity index (χ4n) is 3.62. The van der Waals surface area contributed by atoms with Crippen molar-refractivity contribution in [2.24, 2.45) is 0 Å². The maximum atomic E-state index is 14.1. The maximum absolute atomic E-state index is 14.1. The van der Waals surface area contributed by atoms with Crippen molar-refractivity contribution in [3.05, 3.63) is 65.3 Å². The third-order valence-electron chi connectivity index (χ3n) is 5.35. The fraction of sp³-hybridized carbons (Fsp3) is 0.174. The SMILES string of the molecule is Nc1nccc(-c2sc(N3CCOCC3)nc2-c2cccc(NS(=O)c3cc(F)ccc3F)c2Cl)n1. The van der Waals surface area contributed by atoms with Gasteiger partial charge in [0.25, 0.3) is 0 Å². The molecule has 8 nitrogen and oxygen atoms in total. The van der Waals surface area contributed by atoms with Crippen LogP contribution in [0.3, 0.4) is 0 Å². The number of aromatic nitrogens is 3. The Morgan fingerprint density at radius 2 is 1.94 bits per heavy atom. The van der Waals surface area contributed by atoms with E-state index in [1.165, 1.54) is 11.3 Å². The number of rotatable bonds is 6. The van der Waals surface area contributed by atoms with Gasteiger partial charge in [-0.2, -0.15) is 0 Å². The van der Waals surface area contributed by atoms with Gasteiger partial charge < -0.3 is 15.4 Å². The molecule has 2 aromatic heterocycles. The highest BCUT2D eigenvalue weighted by Gasteiger charge is 2.24. The highest BCUT2D eigenvalue weighted by atomic mass is 35.5. The Morgan fingerprint density at radius 3 is 2.72 bits per heavy atom. The van der Waals surface area contributed by atoms with E-state index in [0.29, 0.717) is 43.3 Å². The second kappa shape index (κ2) is 10.4. The Balaban J connectivity index is 1.56. The Labute approximate surface area is 216 Å². The largest absolute Gasteiger partial charge is 0.378 e. The van der Waals surface area contributed by atoms with Crippen LogP contribution >= 0.6 is 22.9 Å². The number of halogens is 3. The quantitative estimate of drug-likeness (QED) is 0.358. The van der Waals surface area contributed by atoms with Crippen molar-refractivity contribution >= 4 is 50.7 Å². The van der Waals surface area contributed by atoms with Gasteiger partial charge in [0.1, 0.15) is 11.6 Å². The number of morpholine rings is 1. The molecule has 0 amide bonds. The highest BCUT2D eigenvalue weighted by Crippen LogP contribution is 2.44. The van der Waals surface area contributed by atoms with Crippen LogP contribution in [0.4, 0.5) is 25.5 Å². The number of nitrogen functional groups attached to an aromatic ring is 1. The number of thiazole rings is 1. The third kappa shape index (κ3) is 5.03. The lowest BCUT2D eigenvalue weighted by atomic mass is 10.1. The second-order valence-corrected chi connectivity index (χ2v) is 10.2. The number of ether oxygens (including phenoxy) is 1. The van der Waals surface area contributed by atoms with E-state index in [2.05, 4.69) is 19.6 Å². The van der Waals surface area contributed by atoms with Crippen molar-refractivity contribution < 1.29 is 17.7 Å². The van der Waals surface area contributed by atoms with Crippen LogP contribution in [0.2, 0.25) is 5.02 Å². The van der Waals surface area contributed by atoms with Gasteiger partial charge in [0.05, 0.1) is 45.1 Å². The summed E-state index contributed by atoms with van der Waals surface area (Å²) < 4.78 is 48.7. The van der Waals surface area contributed by atoms with Gasteiger partial charge in [-0.3, -0.25) is 4.72 Å². The molecule has 0 aliphatic carbocycles. The van der Waals surface area contributed by atoms with E-state index < -0.39 is 22.6 Å². The Kier molecular flexibility index (Phi) is 7.10. The first-order valence-corrected chi connectivity index (χ1v) is 13.1. The molecule has 0 radical (unpaired) electrons. The van der Waals surface area contributed by atoms with Gasteiger partial charge in [-0.15, -0.1) is 0 Å². The van der Waals surface area contributed by atoms with Crippen LogP contribution in [0.25, 0.3) is 21.8 Å². The Hall–Kier alpha value is -3.19. The van der Waals surface area contributed by atoms with Gasteiger partial charge in [-0.05, 0) is 30.3 Å². The normalized spacial score (nSPS) is 14.6. The van der Waals surface area contributed by atoms with Gasteiger partial charge in [-0.1, -0.05) is 35.1 Å². The molecule has 0 saturated carbocycles. The fourth-order valence-corrected chi connectivity index (χ4v) is 5.99. The summed E-state index contributed by atoms with van der Waals surface area (Å²) in [4.78, 5) is 15.7. The van der Waals surface area contributed by atoms with Gasteiger partial charge in [0.15, 0.2) is 16.1 Å². The van der Waals surface area contributed by atoms with Crippen LogP contribution in [-0.4, -0.2) is 45.5 Å². The topological polar surface area (TPSA) is 106 Å². The van der Waals surface area contributed by atoms with Gasteiger partial charge >= 0.3 is 0 Å². The summed E-state index contributed by atoms with van der Waals surface area (Å²) >= 11 is 8.18. The minimum atomic E-state index is -2.10. The molecule has 4 aromatic rings. The van der Waals surface area contributed by atoms with Crippen LogP contribution in [0.5, 0.6) is 0 Å². The van der Waals surface area contributed by atoms with Crippen LogP contribution in [0.1, 0.15) is 0 Å². The number of anilines is 3. The molecule has 2 aromatic carbocycles. The number of benzene rings is 2. The van der Waals surface area contributed by atoms with E-state index in [-0.39, 0.29) is 21.6 Å². The zero-order chi connectivity index (χ0) is 25.2. The van der Waals surface area contributed by atoms with Crippen molar-refractivity contribution in [1.29, 1.82) is 0 Å². The monoisotopic (exact) mass is 548 g/mol. The standard InChI is InChI=1S/C23H19ClF2N6O2S2/c24-19-14(2-1-3-16(19)31-36(33)18-12-13(25)4-5-15(18)26)20-21(17-6-7-28-22(27)29-17)35-23(30-20)32-8-10-34-11-9-32/h1-7,12,31H,8-11H2,(H2,27,28,29). The Morgan fingerprint density at radius 1 is 1.14 bits per heavy atom. The number of nitrogens with one attached hydrogen (secondary N) is 1. The van der Waals surface area contributed by atoms with E-state index in [4.69, 9.17) is 27.1 Å². The van der Waals surface area contributed by atoms with Gasteiger partial charge in [0.2, 0.25) is 5.95 Å². The van der Waals surface area contributed by atoms with Crippen LogP contribution in [-0.2, 0) is 15.7 Å². The molecule has 186 valence electrons. The average Bonchev–Trinajstić information content (AvgIpc) is 3.32. The lowest BCUT2D eigenvalue weighted by molar-refractivity contribution is 0.122. The van der Waals surface area contributed by atoms with E-state index in [1.807, 2.05) is 0 Å². The predicted molar refractivity (Wildman–Crippen MR) is 137 cm³/mol. The smallest absolute Gasteiger partial charge is 0.220 e. The van der Waals surface area contributed by atoms with Gasteiger partial charge in [0, 0.05) is 24.8 Å². The molecule has 5 rings (SSSR count). The van der Waals surface area contributed by atoms with E-state index in [9.17, 15) is 13.0 Å². The predicted octanol–water partition coefficient (Wildman–Crippen LogP) is 4.75. The van der Waals surface area contributed by atoms with Crippen LogP contribution < -0.4 is 15.4 Å². The minimum Gasteiger partial charge on any atom is -0.378 e. The van der Waals surface area contributed by atoms with E-state index >= 15 is 0 Å². The van der Waals surface area contributed by atoms with Crippen molar-refractivity contribution in [2.45, 2.75) is 4.90 Å². The second-order valence-electron chi connectivity index (χ2n) is 7.69. The maximum Gasteiger partial charge on any atom is 0.220 e. The molecular weight excluding hydrogens is 530 g/mol. The summed E-state index contributed by atoms with van der Waals surface area (Å²) in [6.07, 6.45) is 1.56. The zero-order valence-corrected chi connectivity index (χ0v) is 21.0. The summed E-state index contributed by atoms with van der Waals surface area (Å²) in [6, 6.07) is 9.55. The first kappa shape index (κ1) is 24.5. The molecule has 13 heteroatoms. The number of nitrogens with two attached hydrogens (primary N) is 1. The number of hydrogen-bond acceptors (Lipinski definition) is 8. The van der Waals surface area contributed by atoms with Crippen molar-refractivity contribution in [3.63, 3.8) is 0 Å². The van der Waals surface area contributed by atoms with Gasteiger partial charge in [-0.25, -0.2) is 27.9 Å². The molecule has 3 heterocycles. The summed E-state index contributed by atoms with van der Waals surface area (Å²) in [5.74, 6) is -1.38. The van der Waals surface area contributed by atoms with Crippen molar-refractivity contribution in [2.75, 3.05) is 41.7 Å². The molecule has 1 saturated heterocycles. The summed E-state index contributed by atoms with van der Waals surface area (Å²) in [5, 5.41) is 0.977. The number of nitrogens with zero attached hydrogens (tertiary/aromatic N) is 4. The average molecular weight is 549 g/mol. The lowest BCUT2D eigenvalue weighted by Crippen LogP contribution is -2.36. The number of hydrogen-bond donors (Lipinski definition) is 2. The van der Waals surface area contributed by atoms with Crippen LogP contribution in [0, 0.1) is 11.6 Å². The first-order chi connectivity index (χ1) is 17.4. The Bertz CT molecular complexity index is 1450. The molecule has 36 heavy (non-hydrogen) atoms. The molecule has 3 N–H and O–H groups in total. The third-order valence-corrected chi connectivity index (χ3v) is 8.02. The van der Waals surface area contributed by atoms with Crippen molar-refractivity contribution in [1.82, 2.24) is 15.0 Å². The van der Waals surface area contributed by atoms with Crippen LogP contribution in [0.15, 0.2) is 53.6 Å². The molecule has 0 spiro atoms. The molecule has 1 aliphatic rings. The molecule has 1 fully saturated rings. The summed E-state index contributed by atoms with van der Waals surface area (Å²) in [7, 11) is -2.10. The lowest BCUT2D eigenvalue weighted by Gasteiger charge is -2.26. The van der Waals surface area contributed by atoms with E-state index in [0.717, 1.165) is 28.2 Å². The summed E-state index contributed by atoms with van der Waals surface area (Å²) in [5.41, 5.74) is 7.77. The van der Waals surface area contributed by atoms with Crippen molar-refractivity contribution in [3.8, 4) is 21.8 Å². The molecule has 1 atom stereocenters. The minimum absolute atomic E-state index is 0.119. The molecule has 1 aliphatic heterocycles. The summed E-state index contributed by atoms with van der Waals surface area (Å²) in [6.45, 7) is 2.55. The first-order valence-electron chi connectivity index (χ1n) is 10.8.